The lowest BCUT2D eigenvalue weighted by molar-refractivity contribution is 0.273. The fourth-order valence-corrected chi connectivity index (χ4v) is 2.80. The average Bonchev–Trinajstić information content (AvgIpc) is 2.91. The van der Waals surface area contributed by atoms with Crippen LogP contribution in [0.3, 0.4) is 0 Å². The van der Waals surface area contributed by atoms with Gasteiger partial charge in [0.25, 0.3) is 0 Å². The second kappa shape index (κ2) is 6.69. The van der Waals surface area contributed by atoms with Crippen molar-refractivity contribution in [1.82, 2.24) is 4.90 Å². The number of hydrogen-bond acceptors (Lipinski definition) is 3. The fourth-order valence-electron chi connectivity index (χ4n) is 2.05. The Morgan fingerprint density at radius 2 is 1.83 bits per heavy atom. The molecule has 18 heavy (non-hydrogen) atoms. The van der Waals surface area contributed by atoms with Crippen molar-refractivity contribution in [3.8, 4) is 0 Å². The maximum absolute atomic E-state index is 5.79. The van der Waals surface area contributed by atoms with Crippen LogP contribution >= 0.6 is 11.3 Å². The zero-order chi connectivity index (χ0) is 12.8. The van der Waals surface area contributed by atoms with Crippen LogP contribution in [-0.2, 0) is 19.6 Å². The van der Waals surface area contributed by atoms with Crippen molar-refractivity contribution < 1.29 is 0 Å². The van der Waals surface area contributed by atoms with Crippen LogP contribution in [0.15, 0.2) is 41.8 Å². The van der Waals surface area contributed by atoms with Gasteiger partial charge in [-0.2, -0.15) is 0 Å². The van der Waals surface area contributed by atoms with E-state index in [9.17, 15) is 0 Å². The maximum atomic E-state index is 5.79. The van der Waals surface area contributed by atoms with Crippen molar-refractivity contribution in [2.24, 2.45) is 5.73 Å². The van der Waals surface area contributed by atoms with Gasteiger partial charge in [0.2, 0.25) is 0 Å². The lowest BCUT2D eigenvalue weighted by Crippen LogP contribution is -2.22. The fraction of sp³-hybridized carbons (Fsp3) is 0.333. The molecule has 96 valence electrons. The first-order chi connectivity index (χ1) is 8.83. The van der Waals surface area contributed by atoms with Crippen LogP contribution in [0.1, 0.15) is 22.9 Å². The molecule has 0 bridgehead atoms. The van der Waals surface area contributed by atoms with E-state index >= 15 is 0 Å². The molecule has 0 saturated heterocycles. The second-order valence-corrected chi connectivity index (χ2v) is 5.39. The molecule has 0 aliphatic carbocycles. The van der Waals surface area contributed by atoms with Crippen molar-refractivity contribution >= 4 is 11.3 Å². The summed E-state index contributed by atoms with van der Waals surface area (Å²) in [5, 5.41) is 2.14. The monoisotopic (exact) mass is 260 g/mol. The highest BCUT2D eigenvalue weighted by molar-refractivity contribution is 7.09. The van der Waals surface area contributed by atoms with Crippen molar-refractivity contribution in [3.05, 3.63) is 57.8 Å². The van der Waals surface area contributed by atoms with E-state index in [4.69, 9.17) is 5.73 Å². The van der Waals surface area contributed by atoms with Gasteiger partial charge in [0.1, 0.15) is 0 Å². The van der Waals surface area contributed by atoms with E-state index < -0.39 is 0 Å². The van der Waals surface area contributed by atoms with Crippen molar-refractivity contribution in [1.29, 1.82) is 0 Å². The van der Waals surface area contributed by atoms with E-state index in [1.165, 1.54) is 16.0 Å². The molecule has 2 N–H and O–H groups in total. The smallest absolute Gasteiger partial charge is 0.0331 e. The summed E-state index contributed by atoms with van der Waals surface area (Å²) in [6.45, 7) is 5.87. The Morgan fingerprint density at radius 1 is 1.06 bits per heavy atom. The van der Waals surface area contributed by atoms with Gasteiger partial charge in [-0.3, -0.25) is 4.90 Å². The lowest BCUT2D eigenvalue weighted by Gasteiger charge is -2.21. The number of nitrogens with zero attached hydrogens (tertiary/aromatic N) is 1. The van der Waals surface area contributed by atoms with Crippen molar-refractivity contribution in [3.63, 3.8) is 0 Å². The normalized spacial score (nSPS) is 11.1. The van der Waals surface area contributed by atoms with Crippen molar-refractivity contribution in [2.45, 2.75) is 26.6 Å². The SMILES string of the molecule is CCN(Cc1cccs1)Cc1ccccc1CN. The summed E-state index contributed by atoms with van der Waals surface area (Å²) in [7, 11) is 0. The molecule has 0 atom stereocenters. The van der Waals surface area contributed by atoms with E-state index in [0.29, 0.717) is 6.54 Å². The van der Waals surface area contributed by atoms with E-state index in [-0.39, 0.29) is 0 Å². The minimum absolute atomic E-state index is 0.618. The summed E-state index contributed by atoms with van der Waals surface area (Å²) >= 11 is 1.82. The van der Waals surface area contributed by atoms with Crippen LogP contribution in [0.25, 0.3) is 0 Å². The van der Waals surface area contributed by atoms with E-state index in [2.05, 4.69) is 53.6 Å². The number of hydrogen-bond donors (Lipinski definition) is 1. The Bertz CT molecular complexity index is 465. The highest BCUT2D eigenvalue weighted by Gasteiger charge is 2.08. The molecule has 0 aliphatic rings. The van der Waals surface area contributed by atoms with E-state index in [1.54, 1.807) is 0 Å². The zero-order valence-corrected chi connectivity index (χ0v) is 11.6. The van der Waals surface area contributed by atoms with Gasteiger partial charge in [0.15, 0.2) is 0 Å². The quantitative estimate of drug-likeness (QED) is 0.864. The highest BCUT2D eigenvalue weighted by atomic mass is 32.1. The molecule has 0 spiro atoms. The minimum Gasteiger partial charge on any atom is -0.326 e. The van der Waals surface area contributed by atoms with Gasteiger partial charge in [-0.1, -0.05) is 37.3 Å². The van der Waals surface area contributed by atoms with Gasteiger partial charge in [0.05, 0.1) is 0 Å². The topological polar surface area (TPSA) is 29.3 Å². The van der Waals surface area contributed by atoms with Crippen molar-refractivity contribution in [2.75, 3.05) is 6.54 Å². The number of nitrogens with two attached hydrogens (primary N) is 1. The predicted molar refractivity (Wildman–Crippen MR) is 78.4 cm³/mol. The Morgan fingerprint density at radius 3 is 2.44 bits per heavy atom. The Hall–Kier alpha value is -1.16. The van der Waals surface area contributed by atoms with Gasteiger partial charge < -0.3 is 5.73 Å². The molecule has 0 saturated carbocycles. The Labute approximate surface area is 113 Å². The summed E-state index contributed by atoms with van der Waals surface area (Å²) in [4.78, 5) is 3.86. The minimum atomic E-state index is 0.618. The summed E-state index contributed by atoms with van der Waals surface area (Å²) in [6, 6.07) is 12.8. The lowest BCUT2D eigenvalue weighted by atomic mass is 10.1. The van der Waals surface area contributed by atoms with Crippen LogP contribution in [0, 0.1) is 0 Å². The molecule has 2 rings (SSSR count). The summed E-state index contributed by atoms with van der Waals surface area (Å²) in [6.07, 6.45) is 0. The Kier molecular flexibility index (Phi) is 4.93. The van der Waals surface area contributed by atoms with E-state index in [0.717, 1.165) is 19.6 Å². The van der Waals surface area contributed by atoms with Gasteiger partial charge in [-0.15, -0.1) is 11.3 Å². The first-order valence-electron chi connectivity index (χ1n) is 6.35. The standard InChI is InChI=1S/C15H20N2S/c1-2-17(12-15-8-5-9-18-15)11-14-7-4-3-6-13(14)10-16/h3-9H,2,10-12,16H2,1H3. The Balaban J connectivity index is 2.05. The molecule has 0 radical (unpaired) electrons. The molecule has 1 aromatic carbocycles. The van der Waals surface area contributed by atoms with Crippen LogP contribution < -0.4 is 5.73 Å². The third kappa shape index (κ3) is 3.42. The third-order valence-electron chi connectivity index (χ3n) is 3.14. The maximum Gasteiger partial charge on any atom is 0.0331 e. The molecule has 1 aromatic heterocycles. The molecule has 0 fully saturated rings. The third-order valence-corrected chi connectivity index (χ3v) is 4.00. The van der Waals surface area contributed by atoms with E-state index in [1.807, 2.05) is 11.3 Å². The van der Waals surface area contributed by atoms with Crippen LogP contribution in [0.4, 0.5) is 0 Å². The number of thiophene rings is 1. The van der Waals surface area contributed by atoms with Gasteiger partial charge >= 0.3 is 0 Å². The summed E-state index contributed by atoms with van der Waals surface area (Å²) in [5.74, 6) is 0. The van der Waals surface area contributed by atoms with Gasteiger partial charge in [-0.05, 0) is 29.1 Å². The molecule has 0 aliphatic heterocycles. The highest BCUT2D eigenvalue weighted by Crippen LogP contribution is 2.16. The van der Waals surface area contributed by atoms with Crippen LogP contribution in [-0.4, -0.2) is 11.4 Å². The predicted octanol–water partition coefficient (Wildman–Crippen LogP) is 3.23. The largest absolute Gasteiger partial charge is 0.326 e. The molecule has 1 heterocycles. The first-order valence-corrected chi connectivity index (χ1v) is 7.23. The van der Waals surface area contributed by atoms with Gasteiger partial charge in [-0.25, -0.2) is 0 Å². The average molecular weight is 260 g/mol. The molecule has 0 unspecified atom stereocenters. The molecular weight excluding hydrogens is 240 g/mol. The summed E-state index contributed by atoms with van der Waals surface area (Å²) < 4.78 is 0. The molecule has 3 heteroatoms. The molecule has 0 amide bonds. The molecular formula is C15H20N2S. The van der Waals surface area contributed by atoms with Crippen LogP contribution in [0.5, 0.6) is 0 Å². The number of rotatable bonds is 6. The number of benzene rings is 1. The van der Waals surface area contributed by atoms with Gasteiger partial charge in [0, 0.05) is 24.5 Å². The summed E-state index contributed by atoms with van der Waals surface area (Å²) in [5.41, 5.74) is 8.39. The zero-order valence-electron chi connectivity index (χ0n) is 10.8. The van der Waals surface area contributed by atoms with Crippen LogP contribution in [0.2, 0.25) is 0 Å². The second-order valence-electron chi connectivity index (χ2n) is 4.36. The first kappa shape index (κ1) is 13.3. The molecule has 2 aromatic rings. The molecule has 2 nitrogen and oxygen atoms in total.